The summed E-state index contributed by atoms with van der Waals surface area (Å²) in [4.78, 5) is 23.7. The molecule has 27 heavy (non-hydrogen) atoms. The Labute approximate surface area is 159 Å². The molecule has 2 aromatic carbocycles. The molecular formula is C22H22N4O. The van der Waals surface area contributed by atoms with Gasteiger partial charge in [0.15, 0.2) is 0 Å². The van der Waals surface area contributed by atoms with Crippen LogP contribution in [0.4, 0.5) is 11.5 Å². The van der Waals surface area contributed by atoms with Gasteiger partial charge in [0.05, 0.1) is 0 Å². The van der Waals surface area contributed by atoms with E-state index in [0.717, 1.165) is 30.0 Å². The highest BCUT2D eigenvalue weighted by atomic mass is 16.1. The number of carbonyl (C=O) groups is 1. The lowest BCUT2D eigenvalue weighted by Crippen LogP contribution is -2.25. The topological polar surface area (TPSA) is 58.1 Å². The number of aryl methyl sites for hydroxylation is 2. The van der Waals surface area contributed by atoms with Crippen molar-refractivity contribution >= 4 is 17.4 Å². The van der Waals surface area contributed by atoms with Gasteiger partial charge < -0.3 is 10.2 Å². The third kappa shape index (κ3) is 3.67. The monoisotopic (exact) mass is 358 g/mol. The Kier molecular flexibility index (Phi) is 4.59. The van der Waals surface area contributed by atoms with Crippen LogP contribution in [0.1, 0.15) is 33.0 Å². The van der Waals surface area contributed by atoms with Gasteiger partial charge in [-0.1, -0.05) is 48.0 Å². The molecule has 0 saturated carbocycles. The van der Waals surface area contributed by atoms with Crippen molar-refractivity contribution in [3.63, 3.8) is 0 Å². The molecule has 0 radical (unpaired) electrons. The summed E-state index contributed by atoms with van der Waals surface area (Å²) in [5.74, 6) is 1.18. The van der Waals surface area contributed by atoms with Gasteiger partial charge in [0, 0.05) is 24.8 Å². The van der Waals surface area contributed by atoms with Crippen molar-refractivity contribution in [2.75, 3.05) is 11.4 Å². The van der Waals surface area contributed by atoms with Crippen LogP contribution < -0.4 is 10.2 Å². The van der Waals surface area contributed by atoms with Crippen molar-refractivity contribution in [3.05, 3.63) is 82.8 Å². The first kappa shape index (κ1) is 17.2. The average Bonchev–Trinajstić information content (AvgIpc) is 3.10. The molecule has 136 valence electrons. The van der Waals surface area contributed by atoms with Gasteiger partial charge in [-0.2, -0.15) is 0 Å². The van der Waals surface area contributed by atoms with E-state index in [0.29, 0.717) is 18.1 Å². The van der Waals surface area contributed by atoms with E-state index in [1.165, 1.54) is 11.1 Å². The van der Waals surface area contributed by atoms with E-state index in [2.05, 4.69) is 44.5 Å². The molecule has 2 heterocycles. The molecule has 3 aromatic rings. The molecule has 1 N–H and O–H groups in total. The van der Waals surface area contributed by atoms with Crippen LogP contribution in [0, 0.1) is 13.8 Å². The van der Waals surface area contributed by atoms with Crippen molar-refractivity contribution in [2.45, 2.75) is 26.8 Å². The van der Waals surface area contributed by atoms with Crippen LogP contribution in [-0.4, -0.2) is 22.4 Å². The fourth-order valence-electron chi connectivity index (χ4n) is 3.48. The molecule has 1 aliphatic rings. The number of anilines is 2. The lowest BCUT2D eigenvalue weighted by molar-refractivity contribution is 0.0945. The van der Waals surface area contributed by atoms with Crippen LogP contribution in [0.25, 0.3) is 0 Å². The first-order chi connectivity index (χ1) is 13.1. The number of hydrogen-bond acceptors (Lipinski definition) is 4. The van der Waals surface area contributed by atoms with E-state index in [1.54, 1.807) is 6.07 Å². The number of amides is 1. The predicted molar refractivity (Wildman–Crippen MR) is 106 cm³/mol. The van der Waals surface area contributed by atoms with Gasteiger partial charge in [-0.25, -0.2) is 9.97 Å². The lowest BCUT2D eigenvalue weighted by Gasteiger charge is -2.19. The van der Waals surface area contributed by atoms with Crippen LogP contribution >= 0.6 is 0 Å². The number of nitrogens with zero attached hydrogens (tertiary/aromatic N) is 3. The summed E-state index contributed by atoms with van der Waals surface area (Å²) < 4.78 is 0. The minimum absolute atomic E-state index is 0.185. The Balaban J connectivity index is 1.55. The number of benzene rings is 2. The number of hydrogen-bond donors (Lipinski definition) is 1. The third-order valence-corrected chi connectivity index (χ3v) is 4.76. The second kappa shape index (κ2) is 7.19. The molecule has 0 aliphatic carbocycles. The number of para-hydroxylation sites is 1. The Morgan fingerprint density at radius 2 is 1.93 bits per heavy atom. The van der Waals surface area contributed by atoms with Crippen LogP contribution in [-0.2, 0) is 13.0 Å². The number of carbonyl (C=O) groups excluding carboxylic acids is 1. The second-order valence-corrected chi connectivity index (χ2v) is 6.86. The van der Waals surface area contributed by atoms with Gasteiger partial charge >= 0.3 is 0 Å². The van der Waals surface area contributed by atoms with Crippen molar-refractivity contribution in [1.29, 1.82) is 0 Å². The van der Waals surface area contributed by atoms with Crippen molar-refractivity contribution < 1.29 is 4.79 Å². The average molecular weight is 358 g/mol. The molecule has 5 heteroatoms. The molecule has 0 fully saturated rings. The van der Waals surface area contributed by atoms with Gasteiger partial charge in [0.25, 0.3) is 5.91 Å². The fraction of sp³-hybridized carbons (Fsp3) is 0.227. The van der Waals surface area contributed by atoms with Gasteiger partial charge in [-0.15, -0.1) is 0 Å². The normalized spacial score (nSPS) is 12.7. The molecule has 1 aliphatic heterocycles. The lowest BCUT2D eigenvalue weighted by atomic mass is 10.1. The van der Waals surface area contributed by atoms with Crippen molar-refractivity contribution in [3.8, 4) is 0 Å². The van der Waals surface area contributed by atoms with E-state index in [-0.39, 0.29) is 5.91 Å². The SMILES string of the molecule is Cc1cccc(CNC(=O)c2cc(N3CCc4ccccc43)nc(C)n2)c1. The Hall–Kier alpha value is -3.21. The van der Waals surface area contributed by atoms with Crippen LogP contribution in [0.15, 0.2) is 54.6 Å². The summed E-state index contributed by atoms with van der Waals surface area (Å²) >= 11 is 0. The van der Waals surface area contributed by atoms with Gasteiger partial charge in [-0.05, 0) is 37.5 Å². The highest BCUT2D eigenvalue weighted by Gasteiger charge is 2.22. The highest BCUT2D eigenvalue weighted by Crippen LogP contribution is 2.33. The largest absolute Gasteiger partial charge is 0.347 e. The molecule has 1 amide bonds. The minimum Gasteiger partial charge on any atom is -0.347 e. The molecule has 0 atom stereocenters. The zero-order valence-corrected chi connectivity index (χ0v) is 15.6. The standard InChI is InChI=1S/C22H22N4O/c1-15-6-5-7-17(12-15)14-23-22(27)19-13-21(25-16(2)24-19)26-11-10-18-8-3-4-9-20(18)26/h3-9,12-13H,10-11,14H2,1-2H3,(H,23,27). The van der Waals surface area contributed by atoms with E-state index in [1.807, 2.05) is 38.1 Å². The number of aromatic nitrogens is 2. The van der Waals surface area contributed by atoms with E-state index in [4.69, 9.17) is 0 Å². The number of nitrogens with one attached hydrogen (secondary N) is 1. The zero-order chi connectivity index (χ0) is 18.8. The first-order valence-electron chi connectivity index (χ1n) is 9.15. The number of rotatable bonds is 4. The second-order valence-electron chi connectivity index (χ2n) is 6.86. The molecule has 1 aromatic heterocycles. The molecule has 0 bridgehead atoms. The maximum absolute atomic E-state index is 12.6. The van der Waals surface area contributed by atoms with Crippen molar-refractivity contribution in [2.24, 2.45) is 0 Å². The third-order valence-electron chi connectivity index (χ3n) is 4.76. The quantitative estimate of drug-likeness (QED) is 0.772. The summed E-state index contributed by atoms with van der Waals surface area (Å²) in [7, 11) is 0. The molecule has 0 saturated heterocycles. The van der Waals surface area contributed by atoms with Crippen LogP contribution in [0.5, 0.6) is 0 Å². The Morgan fingerprint density at radius 3 is 2.78 bits per heavy atom. The predicted octanol–water partition coefficient (Wildman–Crippen LogP) is 3.72. The van der Waals surface area contributed by atoms with Gasteiger partial charge in [-0.3, -0.25) is 4.79 Å². The maximum Gasteiger partial charge on any atom is 0.270 e. The Bertz CT molecular complexity index is 999. The smallest absolute Gasteiger partial charge is 0.270 e. The highest BCUT2D eigenvalue weighted by molar-refractivity contribution is 5.93. The molecule has 4 rings (SSSR count). The van der Waals surface area contributed by atoms with E-state index in [9.17, 15) is 4.79 Å². The summed E-state index contributed by atoms with van der Waals surface area (Å²) in [6, 6.07) is 18.2. The molecule has 0 spiro atoms. The fourth-order valence-corrected chi connectivity index (χ4v) is 3.48. The van der Waals surface area contributed by atoms with Crippen molar-refractivity contribution in [1.82, 2.24) is 15.3 Å². The first-order valence-corrected chi connectivity index (χ1v) is 9.15. The molecule has 5 nitrogen and oxygen atoms in total. The number of fused-ring (bicyclic) bond motifs is 1. The summed E-state index contributed by atoms with van der Waals surface area (Å²) in [6.07, 6.45) is 0.980. The van der Waals surface area contributed by atoms with E-state index < -0.39 is 0 Å². The summed E-state index contributed by atoms with van der Waals surface area (Å²) in [6.45, 7) is 5.20. The summed E-state index contributed by atoms with van der Waals surface area (Å²) in [5, 5.41) is 2.96. The zero-order valence-electron chi connectivity index (χ0n) is 15.6. The van der Waals surface area contributed by atoms with Crippen LogP contribution in [0.2, 0.25) is 0 Å². The van der Waals surface area contributed by atoms with Gasteiger partial charge in [0.1, 0.15) is 17.3 Å². The van der Waals surface area contributed by atoms with E-state index >= 15 is 0 Å². The van der Waals surface area contributed by atoms with Crippen LogP contribution in [0.3, 0.4) is 0 Å². The van der Waals surface area contributed by atoms with Gasteiger partial charge in [0.2, 0.25) is 0 Å². The molecule has 0 unspecified atom stereocenters. The molecular weight excluding hydrogens is 336 g/mol. The maximum atomic E-state index is 12.6. The Morgan fingerprint density at radius 1 is 1.07 bits per heavy atom. The summed E-state index contributed by atoms with van der Waals surface area (Å²) in [5.41, 5.74) is 5.10. The minimum atomic E-state index is -0.185.